The first-order valence-electron chi connectivity index (χ1n) is 6.95. The van der Waals surface area contributed by atoms with Crippen molar-refractivity contribution in [2.75, 3.05) is 19.8 Å². The summed E-state index contributed by atoms with van der Waals surface area (Å²) in [5.74, 6) is 0. The summed E-state index contributed by atoms with van der Waals surface area (Å²) in [5.41, 5.74) is 6.96. The van der Waals surface area contributed by atoms with Crippen molar-refractivity contribution in [2.24, 2.45) is 5.73 Å². The fourth-order valence-electron chi connectivity index (χ4n) is 1.80. The minimum atomic E-state index is -2.71. The van der Waals surface area contributed by atoms with Gasteiger partial charge in [0.1, 0.15) is 0 Å². The van der Waals surface area contributed by atoms with Crippen molar-refractivity contribution in [3.63, 3.8) is 0 Å². The van der Waals surface area contributed by atoms with Crippen LogP contribution < -0.4 is 5.73 Å². The van der Waals surface area contributed by atoms with Crippen LogP contribution >= 0.6 is 0 Å². The molecule has 0 aromatic carbocycles. The third kappa shape index (κ3) is 5.10. The lowest BCUT2D eigenvalue weighted by Gasteiger charge is -2.33. The molecule has 0 radical (unpaired) electrons. The lowest BCUT2D eigenvalue weighted by atomic mass is 10.2. The molecule has 0 saturated carbocycles. The van der Waals surface area contributed by atoms with Gasteiger partial charge in [0.05, 0.1) is 5.54 Å². The van der Waals surface area contributed by atoms with Crippen LogP contribution in [0.25, 0.3) is 0 Å². The molecule has 108 valence electrons. The van der Waals surface area contributed by atoms with Gasteiger partial charge in [0.25, 0.3) is 0 Å². The molecule has 1 unspecified atom stereocenters. The lowest BCUT2D eigenvalue weighted by Crippen LogP contribution is -2.51. The van der Waals surface area contributed by atoms with E-state index >= 15 is 0 Å². The maximum absolute atomic E-state index is 6.14. The Bertz CT molecular complexity index is 229. The summed E-state index contributed by atoms with van der Waals surface area (Å²) in [6, 6.07) is 0. The highest BCUT2D eigenvalue weighted by Gasteiger charge is 2.47. The van der Waals surface area contributed by atoms with Gasteiger partial charge in [0, 0.05) is 25.5 Å². The number of rotatable bonds is 10. The predicted molar refractivity (Wildman–Crippen MR) is 77.2 cm³/mol. The summed E-state index contributed by atoms with van der Waals surface area (Å²) in [5, 5.41) is 0. The molecule has 0 bridgehead atoms. The normalized spacial score (nSPS) is 14.8. The Balaban J connectivity index is 5.00. The Morgan fingerprint density at radius 1 is 1.06 bits per heavy atom. The molecule has 0 spiro atoms. The molecule has 4 nitrogen and oxygen atoms in total. The second-order valence-electron chi connectivity index (χ2n) is 4.12. The summed E-state index contributed by atoms with van der Waals surface area (Å²) >= 11 is 0. The Morgan fingerprint density at radius 2 is 1.50 bits per heavy atom. The zero-order chi connectivity index (χ0) is 14.0. The number of nitrogens with two attached hydrogens (primary N) is 1. The van der Waals surface area contributed by atoms with Crippen molar-refractivity contribution in [3.8, 4) is 0 Å². The first-order valence-corrected chi connectivity index (χ1v) is 8.75. The van der Waals surface area contributed by atoms with Gasteiger partial charge in [-0.1, -0.05) is 26.3 Å². The zero-order valence-electron chi connectivity index (χ0n) is 12.5. The number of hydrogen-bond donors (Lipinski definition) is 1. The summed E-state index contributed by atoms with van der Waals surface area (Å²) in [6.45, 7) is 11.8. The van der Waals surface area contributed by atoms with E-state index in [1.54, 1.807) is 0 Å². The first-order chi connectivity index (χ1) is 8.57. The van der Waals surface area contributed by atoms with Crippen molar-refractivity contribution in [1.29, 1.82) is 0 Å². The van der Waals surface area contributed by atoms with E-state index in [2.05, 4.69) is 13.0 Å². The van der Waals surface area contributed by atoms with Crippen LogP contribution in [0.4, 0.5) is 0 Å². The average molecular weight is 275 g/mol. The summed E-state index contributed by atoms with van der Waals surface area (Å²) < 4.78 is 17.5. The minimum absolute atomic E-state index is 0.00361. The van der Waals surface area contributed by atoms with E-state index in [0.717, 1.165) is 18.5 Å². The molecule has 0 aromatic rings. The molecule has 0 aromatic heterocycles. The van der Waals surface area contributed by atoms with E-state index in [4.69, 9.17) is 19.0 Å². The third-order valence-corrected chi connectivity index (χ3v) is 6.20. The maximum atomic E-state index is 6.14. The average Bonchev–Trinajstić information content (AvgIpc) is 2.35. The van der Waals surface area contributed by atoms with E-state index < -0.39 is 8.80 Å². The molecule has 0 rings (SSSR count). The summed E-state index contributed by atoms with van der Waals surface area (Å²) in [6.07, 6.45) is 4.12. The maximum Gasteiger partial charge on any atom is 0.510 e. The van der Waals surface area contributed by atoms with Crippen LogP contribution in [0.1, 0.15) is 47.5 Å². The van der Waals surface area contributed by atoms with E-state index in [0.29, 0.717) is 19.8 Å². The lowest BCUT2D eigenvalue weighted by molar-refractivity contribution is 0.0656. The van der Waals surface area contributed by atoms with E-state index in [1.807, 2.05) is 27.7 Å². The van der Waals surface area contributed by atoms with Crippen LogP contribution in [-0.2, 0) is 13.3 Å². The fraction of sp³-hybridized carbons (Fsp3) is 0.846. The fourth-order valence-corrected chi connectivity index (χ4v) is 4.53. The molecular weight excluding hydrogens is 246 g/mol. The summed E-state index contributed by atoms with van der Waals surface area (Å²) in [7, 11) is -2.71. The number of allylic oxidation sites excluding steroid dienone is 2. The molecule has 0 amide bonds. The molecular formula is C13H29NO3Si. The van der Waals surface area contributed by atoms with Gasteiger partial charge in [-0.2, -0.15) is 0 Å². The van der Waals surface area contributed by atoms with Crippen molar-refractivity contribution in [3.05, 3.63) is 11.8 Å². The van der Waals surface area contributed by atoms with Gasteiger partial charge in [-0.25, -0.2) is 0 Å². The Hall–Kier alpha value is -0.363. The second-order valence-corrected chi connectivity index (χ2v) is 7.06. The molecule has 0 saturated heterocycles. The van der Waals surface area contributed by atoms with Crippen molar-refractivity contribution in [1.82, 2.24) is 0 Å². The number of hydrogen-bond acceptors (Lipinski definition) is 4. The molecule has 0 heterocycles. The third-order valence-electron chi connectivity index (χ3n) is 2.74. The Morgan fingerprint density at radius 3 is 1.83 bits per heavy atom. The summed E-state index contributed by atoms with van der Waals surface area (Å²) in [4.78, 5) is 0. The zero-order valence-corrected chi connectivity index (χ0v) is 13.5. The Kier molecular flexibility index (Phi) is 9.36. The van der Waals surface area contributed by atoms with Crippen molar-refractivity contribution < 1.29 is 13.3 Å². The second kappa shape index (κ2) is 9.55. The van der Waals surface area contributed by atoms with Gasteiger partial charge in [-0.05, 0) is 27.2 Å². The highest BCUT2D eigenvalue weighted by Crippen LogP contribution is 2.30. The SMILES string of the molecule is CCC/C=C(\N)C(C)[Si](OCC)(OCC)OCC. The molecule has 2 N–H and O–H groups in total. The molecule has 18 heavy (non-hydrogen) atoms. The van der Waals surface area contributed by atoms with Crippen LogP contribution in [0, 0.1) is 0 Å². The van der Waals surface area contributed by atoms with Crippen LogP contribution in [-0.4, -0.2) is 28.6 Å². The highest BCUT2D eigenvalue weighted by atomic mass is 28.4. The molecule has 0 aliphatic carbocycles. The number of unbranched alkanes of at least 4 members (excludes halogenated alkanes) is 1. The minimum Gasteiger partial charge on any atom is -0.402 e. The molecule has 0 aliphatic heterocycles. The van der Waals surface area contributed by atoms with Crippen LogP contribution in [0.2, 0.25) is 5.54 Å². The van der Waals surface area contributed by atoms with E-state index in [1.165, 1.54) is 0 Å². The van der Waals surface area contributed by atoms with Crippen LogP contribution in [0.3, 0.4) is 0 Å². The molecule has 1 atom stereocenters. The predicted octanol–water partition coefficient (Wildman–Crippen LogP) is 3.07. The Labute approximate surface area is 113 Å². The molecule has 0 aliphatic rings. The molecule has 0 fully saturated rings. The smallest absolute Gasteiger partial charge is 0.402 e. The van der Waals surface area contributed by atoms with Crippen molar-refractivity contribution >= 4 is 8.80 Å². The first kappa shape index (κ1) is 17.6. The van der Waals surface area contributed by atoms with Gasteiger partial charge in [-0.3, -0.25) is 0 Å². The van der Waals surface area contributed by atoms with Crippen LogP contribution in [0.15, 0.2) is 11.8 Å². The van der Waals surface area contributed by atoms with E-state index in [-0.39, 0.29) is 5.54 Å². The van der Waals surface area contributed by atoms with E-state index in [9.17, 15) is 0 Å². The van der Waals surface area contributed by atoms with Gasteiger partial charge in [0.15, 0.2) is 0 Å². The quantitative estimate of drug-likeness (QED) is 0.623. The standard InChI is InChI=1S/C13H29NO3Si/c1-6-10-11-13(14)12(5)18(15-7-2,16-8-3)17-9-4/h11-12H,6-10,14H2,1-5H3/b13-11-. The van der Waals surface area contributed by atoms with Gasteiger partial charge < -0.3 is 19.0 Å². The van der Waals surface area contributed by atoms with Crippen molar-refractivity contribution in [2.45, 2.75) is 53.0 Å². The molecule has 5 heteroatoms. The van der Waals surface area contributed by atoms with Crippen LogP contribution in [0.5, 0.6) is 0 Å². The van der Waals surface area contributed by atoms with Gasteiger partial charge in [0.2, 0.25) is 0 Å². The highest BCUT2D eigenvalue weighted by molar-refractivity contribution is 6.63. The van der Waals surface area contributed by atoms with Gasteiger partial charge >= 0.3 is 8.80 Å². The largest absolute Gasteiger partial charge is 0.510 e. The monoisotopic (exact) mass is 275 g/mol. The topological polar surface area (TPSA) is 53.7 Å². The van der Waals surface area contributed by atoms with Gasteiger partial charge in [-0.15, -0.1) is 0 Å².